The molecule has 12 heteroatoms. The Balaban J connectivity index is 1.51. The zero-order valence-corrected chi connectivity index (χ0v) is 23.5. The van der Waals surface area contributed by atoms with Gasteiger partial charge in [-0.05, 0) is 66.8 Å². The van der Waals surface area contributed by atoms with Crippen molar-refractivity contribution in [2.24, 2.45) is 0 Å². The maximum absolute atomic E-state index is 14.8. The number of nitrogens with zero attached hydrogens (tertiary/aromatic N) is 4. The number of fused-ring (bicyclic) bond motifs is 1. The fourth-order valence-electron chi connectivity index (χ4n) is 6.40. The molecule has 1 aromatic heterocycles. The van der Waals surface area contributed by atoms with Crippen LogP contribution < -0.4 is 15.1 Å². The highest BCUT2D eigenvalue weighted by Gasteiger charge is 2.57. The van der Waals surface area contributed by atoms with Gasteiger partial charge in [-0.2, -0.15) is 5.26 Å². The van der Waals surface area contributed by atoms with Crippen LogP contribution in [0.15, 0.2) is 60.8 Å². The molecule has 2 aromatic carbocycles. The second-order valence-corrected chi connectivity index (χ2v) is 11.5. The van der Waals surface area contributed by atoms with Crippen LogP contribution in [0.25, 0.3) is 0 Å². The number of anilines is 2. The normalized spacial score (nSPS) is 22.4. The maximum atomic E-state index is 14.8. The van der Waals surface area contributed by atoms with Crippen LogP contribution in [0.2, 0.25) is 5.02 Å². The molecule has 3 aromatic rings. The number of rotatable bonds is 6. The molecular weight excluding hydrogens is 583 g/mol. The second-order valence-electron chi connectivity index (χ2n) is 11.0. The molecule has 0 unspecified atom stereocenters. The summed E-state index contributed by atoms with van der Waals surface area (Å²) in [5.74, 6) is -5.30. The van der Waals surface area contributed by atoms with Gasteiger partial charge in [0.15, 0.2) is 5.54 Å². The molecule has 3 amide bonds. The number of benzene rings is 2. The number of nitrogens with one attached hydrogen (secondary N) is 1. The zero-order chi connectivity index (χ0) is 30.5. The molecular formula is C31H25ClF3N5O3. The van der Waals surface area contributed by atoms with Crippen LogP contribution in [0.4, 0.5) is 24.7 Å². The van der Waals surface area contributed by atoms with Gasteiger partial charge in [-0.25, -0.2) is 18.2 Å². The van der Waals surface area contributed by atoms with E-state index in [4.69, 9.17) is 11.6 Å². The quantitative estimate of drug-likeness (QED) is 0.423. The standard InChI is InChI=1S/C31H25ClF3N5O3/c32-24-6-2-5-23-22(24)9-11-31(23,29(43)38-20-15-30(34,35)16-20)40(21-4-1-3-19(33)14-21)28(42)25-7-8-27(41)39(25)26-13-18(17-36)10-12-37-26/h1-6,10,12-14,20,25H,7-9,11,15-16H2,(H,38,43)/t25-,31-/m0/s1. The summed E-state index contributed by atoms with van der Waals surface area (Å²) >= 11 is 6.53. The van der Waals surface area contributed by atoms with E-state index in [-0.39, 0.29) is 42.8 Å². The summed E-state index contributed by atoms with van der Waals surface area (Å²) in [5, 5.41) is 12.5. The summed E-state index contributed by atoms with van der Waals surface area (Å²) in [4.78, 5) is 48.9. The fourth-order valence-corrected chi connectivity index (χ4v) is 6.67. The van der Waals surface area contributed by atoms with Gasteiger partial charge in [-0.1, -0.05) is 29.8 Å². The Kier molecular flexibility index (Phi) is 7.13. The Hall–Kier alpha value is -4.43. The molecule has 1 saturated carbocycles. The first-order chi connectivity index (χ1) is 20.5. The van der Waals surface area contributed by atoms with Crippen molar-refractivity contribution in [1.29, 1.82) is 5.26 Å². The van der Waals surface area contributed by atoms with Crippen LogP contribution in [0.1, 0.15) is 48.8 Å². The summed E-state index contributed by atoms with van der Waals surface area (Å²) in [5.41, 5.74) is -0.526. The molecule has 3 aliphatic rings. The first-order valence-corrected chi connectivity index (χ1v) is 14.2. The van der Waals surface area contributed by atoms with Gasteiger partial charge in [0.2, 0.25) is 5.91 Å². The molecule has 1 saturated heterocycles. The molecule has 0 bridgehead atoms. The van der Waals surface area contributed by atoms with E-state index in [2.05, 4.69) is 10.3 Å². The third kappa shape index (κ3) is 4.89. The average Bonchev–Trinajstić information content (AvgIpc) is 3.54. The summed E-state index contributed by atoms with van der Waals surface area (Å²) in [6, 6.07) is 13.0. The Morgan fingerprint density at radius 2 is 1.88 bits per heavy atom. The smallest absolute Gasteiger partial charge is 0.252 e. The number of aromatic nitrogens is 1. The van der Waals surface area contributed by atoms with Crippen molar-refractivity contribution in [1.82, 2.24) is 10.3 Å². The zero-order valence-electron chi connectivity index (χ0n) is 22.7. The molecule has 6 rings (SSSR count). The number of amides is 3. The van der Waals surface area contributed by atoms with Crippen LogP contribution in [0.3, 0.4) is 0 Å². The van der Waals surface area contributed by atoms with E-state index < -0.39 is 59.9 Å². The monoisotopic (exact) mass is 607 g/mol. The van der Waals surface area contributed by atoms with E-state index >= 15 is 0 Å². The Morgan fingerprint density at radius 3 is 2.60 bits per heavy atom. The molecule has 2 heterocycles. The average molecular weight is 608 g/mol. The molecule has 1 aliphatic heterocycles. The van der Waals surface area contributed by atoms with E-state index in [0.29, 0.717) is 16.1 Å². The van der Waals surface area contributed by atoms with E-state index in [0.717, 1.165) is 6.07 Å². The highest BCUT2D eigenvalue weighted by atomic mass is 35.5. The molecule has 2 aliphatic carbocycles. The van der Waals surface area contributed by atoms with Crippen LogP contribution in [0.5, 0.6) is 0 Å². The number of hydrogen-bond acceptors (Lipinski definition) is 5. The van der Waals surface area contributed by atoms with Gasteiger partial charge in [-0.15, -0.1) is 0 Å². The second kappa shape index (κ2) is 10.7. The number of alkyl halides is 2. The summed E-state index contributed by atoms with van der Waals surface area (Å²) in [6.45, 7) is 0. The highest BCUT2D eigenvalue weighted by Crippen LogP contribution is 2.48. The molecule has 8 nitrogen and oxygen atoms in total. The third-order valence-electron chi connectivity index (χ3n) is 8.39. The number of pyridine rings is 1. The molecule has 220 valence electrons. The molecule has 2 atom stereocenters. The van der Waals surface area contributed by atoms with Crippen LogP contribution in [-0.4, -0.2) is 40.7 Å². The molecule has 43 heavy (non-hydrogen) atoms. The first-order valence-electron chi connectivity index (χ1n) is 13.8. The van der Waals surface area contributed by atoms with Crippen LogP contribution >= 0.6 is 11.6 Å². The van der Waals surface area contributed by atoms with Crippen LogP contribution in [0, 0.1) is 17.1 Å². The largest absolute Gasteiger partial charge is 0.351 e. The lowest BCUT2D eigenvalue weighted by Gasteiger charge is -2.45. The Labute approximate surface area is 250 Å². The van der Waals surface area contributed by atoms with Crippen molar-refractivity contribution >= 4 is 40.8 Å². The lowest BCUT2D eigenvalue weighted by Crippen LogP contribution is -2.64. The van der Waals surface area contributed by atoms with Gasteiger partial charge in [-0.3, -0.25) is 24.2 Å². The third-order valence-corrected chi connectivity index (χ3v) is 8.74. The van der Waals surface area contributed by atoms with E-state index in [9.17, 15) is 32.8 Å². The predicted molar refractivity (Wildman–Crippen MR) is 151 cm³/mol. The lowest BCUT2D eigenvalue weighted by molar-refractivity contribution is -0.137. The van der Waals surface area contributed by atoms with E-state index in [1.165, 1.54) is 46.3 Å². The van der Waals surface area contributed by atoms with Gasteiger partial charge in [0.1, 0.15) is 17.7 Å². The van der Waals surface area contributed by atoms with Gasteiger partial charge < -0.3 is 5.32 Å². The number of halogens is 4. The highest BCUT2D eigenvalue weighted by molar-refractivity contribution is 6.31. The first kappa shape index (κ1) is 28.7. The maximum Gasteiger partial charge on any atom is 0.252 e. The fraction of sp³-hybridized carbons (Fsp3) is 0.323. The Bertz CT molecular complexity index is 1690. The van der Waals surface area contributed by atoms with Crippen molar-refractivity contribution in [2.45, 2.75) is 62.1 Å². The van der Waals surface area contributed by atoms with Crippen LogP contribution in [-0.2, 0) is 26.3 Å². The SMILES string of the molecule is N#Cc1ccnc(N2C(=O)CC[C@H]2C(=O)N(c2cccc(F)c2)[C@@]2(C(=O)NC3CC(F)(F)C3)CCc3c(Cl)cccc32)c1. The lowest BCUT2D eigenvalue weighted by atomic mass is 9.83. The van der Waals surface area contributed by atoms with Crippen molar-refractivity contribution in [3.05, 3.63) is 88.3 Å². The summed E-state index contributed by atoms with van der Waals surface area (Å²) in [7, 11) is 0. The summed E-state index contributed by atoms with van der Waals surface area (Å²) in [6.07, 6.45) is 0.632. The van der Waals surface area contributed by atoms with Crippen molar-refractivity contribution in [3.63, 3.8) is 0 Å². The van der Waals surface area contributed by atoms with E-state index in [1.54, 1.807) is 18.2 Å². The Morgan fingerprint density at radius 1 is 1.12 bits per heavy atom. The number of hydrogen-bond donors (Lipinski definition) is 1. The molecule has 1 N–H and O–H groups in total. The summed E-state index contributed by atoms with van der Waals surface area (Å²) < 4.78 is 42.3. The van der Waals surface area contributed by atoms with Gasteiger partial charge in [0.25, 0.3) is 17.7 Å². The van der Waals surface area contributed by atoms with Gasteiger partial charge >= 0.3 is 0 Å². The molecule has 0 radical (unpaired) electrons. The van der Waals surface area contributed by atoms with Crippen molar-refractivity contribution in [3.8, 4) is 6.07 Å². The molecule has 0 spiro atoms. The topological polar surface area (TPSA) is 106 Å². The van der Waals surface area contributed by atoms with Gasteiger partial charge in [0.05, 0.1) is 11.6 Å². The minimum Gasteiger partial charge on any atom is -0.351 e. The van der Waals surface area contributed by atoms with E-state index in [1.807, 2.05) is 6.07 Å². The van der Waals surface area contributed by atoms with Crippen molar-refractivity contribution < 1.29 is 27.6 Å². The molecule has 2 fully saturated rings. The van der Waals surface area contributed by atoms with Crippen molar-refractivity contribution in [2.75, 3.05) is 9.80 Å². The number of carbonyl (C=O) groups excluding carboxylic acids is 3. The number of nitriles is 1. The minimum absolute atomic E-state index is 0.00930. The predicted octanol–water partition coefficient (Wildman–Crippen LogP) is 5.03. The number of carbonyl (C=O) groups is 3. The van der Waals surface area contributed by atoms with Gasteiger partial charge in [0, 0.05) is 42.2 Å². The minimum atomic E-state index is -2.91.